The van der Waals surface area contributed by atoms with Gasteiger partial charge in [-0.15, -0.1) is 0 Å². The highest BCUT2D eigenvalue weighted by molar-refractivity contribution is 6.32. The van der Waals surface area contributed by atoms with Gasteiger partial charge in [0, 0.05) is 17.6 Å². The molecule has 0 aliphatic heterocycles. The second-order valence-electron chi connectivity index (χ2n) is 6.97. The van der Waals surface area contributed by atoms with Gasteiger partial charge >= 0.3 is 0 Å². The Hall–Kier alpha value is -1.49. The Balaban J connectivity index is 2.20. The van der Waals surface area contributed by atoms with E-state index in [0.29, 0.717) is 40.3 Å². The molecule has 0 aliphatic rings. The quantitative estimate of drug-likeness (QED) is 0.619. The van der Waals surface area contributed by atoms with E-state index in [2.05, 4.69) is 26.1 Å². The molecule has 0 saturated heterocycles. The number of halogens is 3. The van der Waals surface area contributed by atoms with Crippen LogP contribution in [-0.4, -0.2) is 12.1 Å². The zero-order valence-corrected chi connectivity index (χ0v) is 17.0. The molecule has 0 spiro atoms. The Bertz CT molecular complexity index is 760. The van der Waals surface area contributed by atoms with E-state index in [1.807, 2.05) is 19.1 Å². The normalized spacial score (nSPS) is 11.5. The van der Waals surface area contributed by atoms with Gasteiger partial charge in [-0.1, -0.05) is 29.3 Å². The van der Waals surface area contributed by atoms with Crippen molar-refractivity contribution in [3.05, 3.63) is 57.3 Å². The van der Waals surface area contributed by atoms with E-state index >= 15 is 0 Å². The second-order valence-corrected chi connectivity index (χ2v) is 7.78. The molecular formula is C20H24Cl2FNO2. The van der Waals surface area contributed by atoms with Crippen LogP contribution in [0.4, 0.5) is 4.39 Å². The molecule has 0 aromatic heterocycles. The number of rotatable bonds is 7. The molecule has 2 aromatic rings. The fraction of sp³-hybridized carbons (Fsp3) is 0.400. The van der Waals surface area contributed by atoms with Gasteiger partial charge in [0.2, 0.25) is 0 Å². The van der Waals surface area contributed by atoms with Crippen molar-refractivity contribution in [2.45, 2.75) is 46.4 Å². The van der Waals surface area contributed by atoms with Crippen molar-refractivity contribution in [3.8, 4) is 11.5 Å². The van der Waals surface area contributed by atoms with E-state index in [1.54, 1.807) is 6.07 Å². The molecule has 0 atom stereocenters. The van der Waals surface area contributed by atoms with Crippen molar-refractivity contribution >= 4 is 23.2 Å². The number of hydrogen-bond acceptors (Lipinski definition) is 3. The van der Waals surface area contributed by atoms with Crippen LogP contribution in [0.15, 0.2) is 30.3 Å². The van der Waals surface area contributed by atoms with Crippen LogP contribution in [0.2, 0.25) is 10.0 Å². The lowest BCUT2D eigenvalue weighted by Gasteiger charge is -2.21. The van der Waals surface area contributed by atoms with Crippen molar-refractivity contribution in [1.29, 1.82) is 0 Å². The monoisotopic (exact) mass is 399 g/mol. The summed E-state index contributed by atoms with van der Waals surface area (Å²) in [7, 11) is 0. The first-order valence-electron chi connectivity index (χ1n) is 8.46. The predicted octanol–water partition coefficient (Wildman–Crippen LogP) is 6.00. The van der Waals surface area contributed by atoms with Gasteiger partial charge < -0.3 is 14.8 Å². The molecule has 1 N–H and O–H groups in total. The Morgan fingerprint density at radius 2 is 1.77 bits per heavy atom. The van der Waals surface area contributed by atoms with Crippen molar-refractivity contribution < 1.29 is 13.9 Å². The fourth-order valence-corrected chi connectivity index (χ4v) is 2.79. The summed E-state index contributed by atoms with van der Waals surface area (Å²) in [4.78, 5) is 0. The van der Waals surface area contributed by atoms with Crippen LogP contribution in [0.3, 0.4) is 0 Å². The summed E-state index contributed by atoms with van der Waals surface area (Å²) in [6, 6.07) is 7.96. The molecule has 2 aromatic carbocycles. The zero-order chi connectivity index (χ0) is 19.3. The Morgan fingerprint density at radius 1 is 1.04 bits per heavy atom. The third kappa shape index (κ3) is 6.04. The fourth-order valence-electron chi connectivity index (χ4n) is 2.28. The van der Waals surface area contributed by atoms with Crippen molar-refractivity contribution in [1.82, 2.24) is 5.32 Å². The summed E-state index contributed by atoms with van der Waals surface area (Å²) < 4.78 is 24.7. The second kappa shape index (κ2) is 8.94. The lowest BCUT2D eigenvalue weighted by Crippen LogP contribution is -2.35. The molecule has 142 valence electrons. The number of benzene rings is 2. The third-order valence-electron chi connectivity index (χ3n) is 3.58. The first-order valence-corrected chi connectivity index (χ1v) is 9.22. The maximum Gasteiger partial charge on any atom is 0.180 e. The SMILES string of the molecule is CCOc1cc(CNC(C)(C)C)cc(Cl)c1OCc1ccc(F)cc1Cl. The molecule has 0 unspecified atom stereocenters. The highest BCUT2D eigenvalue weighted by Gasteiger charge is 2.15. The summed E-state index contributed by atoms with van der Waals surface area (Å²) in [6.45, 7) is 9.51. The van der Waals surface area contributed by atoms with Gasteiger partial charge in [-0.05, 0) is 57.5 Å². The zero-order valence-electron chi connectivity index (χ0n) is 15.5. The van der Waals surface area contributed by atoms with Gasteiger partial charge in [0.15, 0.2) is 11.5 Å². The first kappa shape index (κ1) is 20.8. The molecular weight excluding hydrogens is 376 g/mol. The van der Waals surface area contributed by atoms with Crippen LogP contribution in [-0.2, 0) is 13.2 Å². The Kier molecular flexibility index (Phi) is 7.16. The molecule has 0 radical (unpaired) electrons. The van der Waals surface area contributed by atoms with E-state index in [4.69, 9.17) is 32.7 Å². The van der Waals surface area contributed by atoms with Crippen molar-refractivity contribution in [2.24, 2.45) is 0 Å². The highest BCUT2D eigenvalue weighted by Crippen LogP contribution is 2.37. The molecule has 3 nitrogen and oxygen atoms in total. The third-order valence-corrected chi connectivity index (χ3v) is 4.21. The smallest absolute Gasteiger partial charge is 0.180 e. The summed E-state index contributed by atoms with van der Waals surface area (Å²) in [6.07, 6.45) is 0. The summed E-state index contributed by atoms with van der Waals surface area (Å²) in [5, 5.41) is 4.19. The van der Waals surface area contributed by atoms with Crippen LogP contribution in [0.1, 0.15) is 38.8 Å². The van der Waals surface area contributed by atoms with Crippen LogP contribution in [0.25, 0.3) is 0 Å². The van der Waals surface area contributed by atoms with Crippen molar-refractivity contribution in [2.75, 3.05) is 6.61 Å². The van der Waals surface area contributed by atoms with E-state index in [9.17, 15) is 4.39 Å². The predicted molar refractivity (Wildman–Crippen MR) is 105 cm³/mol. The topological polar surface area (TPSA) is 30.5 Å². The van der Waals surface area contributed by atoms with Gasteiger partial charge in [-0.2, -0.15) is 0 Å². The van der Waals surface area contributed by atoms with E-state index in [0.717, 1.165) is 5.56 Å². The molecule has 0 aliphatic carbocycles. The van der Waals surface area contributed by atoms with Crippen LogP contribution in [0, 0.1) is 5.82 Å². The molecule has 0 bridgehead atoms. The lowest BCUT2D eigenvalue weighted by atomic mass is 10.1. The molecule has 6 heteroatoms. The summed E-state index contributed by atoms with van der Waals surface area (Å²) >= 11 is 12.5. The van der Waals surface area contributed by atoms with Gasteiger partial charge in [-0.25, -0.2) is 4.39 Å². The number of nitrogens with one attached hydrogen (secondary N) is 1. The van der Waals surface area contributed by atoms with E-state index in [1.165, 1.54) is 12.1 Å². The van der Waals surface area contributed by atoms with Crippen LogP contribution >= 0.6 is 23.2 Å². The van der Waals surface area contributed by atoms with E-state index in [-0.39, 0.29) is 18.0 Å². The minimum atomic E-state index is -0.387. The summed E-state index contributed by atoms with van der Waals surface area (Å²) in [5.41, 5.74) is 1.66. The van der Waals surface area contributed by atoms with E-state index < -0.39 is 0 Å². The summed E-state index contributed by atoms with van der Waals surface area (Å²) in [5.74, 6) is 0.639. The van der Waals surface area contributed by atoms with Crippen molar-refractivity contribution in [3.63, 3.8) is 0 Å². The minimum absolute atomic E-state index is 0.00719. The largest absolute Gasteiger partial charge is 0.490 e. The average molecular weight is 400 g/mol. The van der Waals surface area contributed by atoms with Gasteiger partial charge in [0.1, 0.15) is 12.4 Å². The Labute approximate surface area is 164 Å². The standard InChI is InChI=1S/C20H24Cl2FNO2/c1-5-25-18-9-13(11-24-20(2,3)4)8-17(22)19(18)26-12-14-6-7-15(23)10-16(14)21/h6-10,24H,5,11-12H2,1-4H3. The molecule has 0 amide bonds. The maximum atomic E-state index is 13.2. The van der Waals surface area contributed by atoms with Crippen LogP contribution in [0.5, 0.6) is 11.5 Å². The molecule has 2 rings (SSSR count). The molecule has 0 fully saturated rings. The molecule has 26 heavy (non-hydrogen) atoms. The van der Waals surface area contributed by atoms with Gasteiger partial charge in [0.25, 0.3) is 0 Å². The van der Waals surface area contributed by atoms with Gasteiger partial charge in [-0.3, -0.25) is 0 Å². The van der Waals surface area contributed by atoms with Gasteiger partial charge in [0.05, 0.1) is 16.7 Å². The Morgan fingerprint density at radius 3 is 2.38 bits per heavy atom. The average Bonchev–Trinajstić information content (AvgIpc) is 2.53. The molecule has 0 heterocycles. The lowest BCUT2D eigenvalue weighted by molar-refractivity contribution is 0.269. The number of ether oxygens (including phenoxy) is 2. The highest BCUT2D eigenvalue weighted by atomic mass is 35.5. The minimum Gasteiger partial charge on any atom is -0.490 e. The number of hydrogen-bond donors (Lipinski definition) is 1. The molecule has 0 saturated carbocycles. The van der Waals surface area contributed by atoms with Crippen LogP contribution < -0.4 is 14.8 Å². The first-order chi connectivity index (χ1) is 12.2. The maximum absolute atomic E-state index is 13.2.